The molecular formula is C17H15N3. The van der Waals surface area contributed by atoms with Crippen molar-refractivity contribution in [2.24, 2.45) is 0 Å². The molecule has 0 bridgehead atoms. The van der Waals surface area contributed by atoms with Gasteiger partial charge in [-0.25, -0.2) is 4.98 Å². The second-order valence-corrected chi connectivity index (χ2v) is 4.84. The maximum Gasteiger partial charge on any atom is 0.107 e. The molecule has 0 saturated carbocycles. The summed E-state index contributed by atoms with van der Waals surface area (Å²) < 4.78 is 0. The Balaban J connectivity index is 1.71. The Bertz CT molecular complexity index is 751. The number of imidazole rings is 1. The van der Waals surface area contributed by atoms with Crippen LogP contribution in [0.25, 0.3) is 11.0 Å². The van der Waals surface area contributed by atoms with E-state index in [1.807, 2.05) is 18.2 Å². The maximum atomic E-state index is 9.07. The summed E-state index contributed by atoms with van der Waals surface area (Å²) >= 11 is 0. The fraction of sp³-hybridized carbons (Fsp3) is 0.176. The average molecular weight is 261 g/mol. The van der Waals surface area contributed by atoms with Gasteiger partial charge in [0.2, 0.25) is 0 Å². The Morgan fingerprint density at radius 1 is 1.00 bits per heavy atom. The molecule has 2 aromatic carbocycles. The first-order valence-electron chi connectivity index (χ1n) is 6.78. The van der Waals surface area contributed by atoms with E-state index in [9.17, 15) is 0 Å². The molecule has 0 radical (unpaired) electrons. The predicted molar refractivity (Wildman–Crippen MR) is 79.3 cm³/mol. The van der Waals surface area contributed by atoms with E-state index < -0.39 is 0 Å². The quantitative estimate of drug-likeness (QED) is 0.780. The third-order valence-corrected chi connectivity index (χ3v) is 3.40. The zero-order valence-corrected chi connectivity index (χ0v) is 11.1. The summed E-state index contributed by atoms with van der Waals surface area (Å²) in [6.45, 7) is 0. The number of nitrogens with zero attached hydrogens (tertiary/aromatic N) is 2. The minimum absolute atomic E-state index is 0.632. The van der Waals surface area contributed by atoms with Crippen molar-refractivity contribution in [2.45, 2.75) is 19.3 Å². The smallest absolute Gasteiger partial charge is 0.107 e. The zero-order valence-electron chi connectivity index (χ0n) is 11.1. The van der Waals surface area contributed by atoms with Crippen LogP contribution in [0, 0.1) is 11.3 Å². The standard InChI is InChI=1S/C17H15N3/c18-12-14-9-5-10-15-17(14)20-16(19-15)11-4-8-13-6-2-1-3-7-13/h1-3,5-7,9-10H,4,8,11H2,(H,19,20). The van der Waals surface area contributed by atoms with E-state index in [1.54, 1.807) is 6.07 Å². The second kappa shape index (κ2) is 5.58. The third-order valence-electron chi connectivity index (χ3n) is 3.40. The fourth-order valence-electron chi connectivity index (χ4n) is 2.40. The van der Waals surface area contributed by atoms with Gasteiger partial charge in [0.1, 0.15) is 17.4 Å². The van der Waals surface area contributed by atoms with Crippen LogP contribution in [0.15, 0.2) is 48.5 Å². The summed E-state index contributed by atoms with van der Waals surface area (Å²) in [4.78, 5) is 7.83. The molecule has 1 N–H and O–H groups in total. The van der Waals surface area contributed by atoms with Gasteiger partial charge in [-0.1, -0.05) is 36.4 Å². The number of aromatic nitrogens is 2. The van der Waals surface area contributed by atoms with Crippen molar-refractivity contribution in [1.82, 2.24) is 9.97 Å². The predicted octanol–water partition coefficient (Wildman–Crippen LogP) is 3.61. The molecule has 3 nitrogen and oxygen atoms in total. The van der Waals surface area contributed by atoms with Crippen LogP contribution in [0.3, 0.4) is 0 Å². The van der Waals surface area contributed by atoms with Gasteiger partial charge in [-0.2, -0.15) is 5.26 Å². The molecule has 1 aromatic heterocycles. The van der Waals surface area contributed by atoms with E-state index >= 15 is 0 Å². The normalized spacial score (nSPS) is 10.6. The molecular weight excluding hydrogens is 246 g/mol. The lowest BCUT2D eigenvalue weighted by Gasteiger charge is -1.99. The van der Waals surface area contributed by atoms with Crippen molar-refractivity contribution >= 4 is 11.0 Å². The highest BCUT2D eigenvalue weighted by Gasteiger charge is 2.06. The van der Waals surface area contributed by atoms with Crippen molar-refractivity contribution in [1.29, 1.82) is 5.26 Å². The van der Waals surface area contributed by atoms with Crippen LogP contribution >= 0.6 is 0 Å². The summed E-state index contributed by atoms with van der Waals surface area (Å²) in [7, 11) is 0. The number of nitriles is 1. The Kier molecular flexibility index (Phi) is 3.47. The Labute approximate surface area is 117 Å². The highest BCUT2D eigenvalue weighted by atomic mass is 14.9. The Morgan fingerprint density at radius 2 is 1.85 bits per heavy atom. The van der Waals surface area contributed by atoms with E-state index in [0.717, 1.165) is 36.1 Å². The van der Waals surface area contributed by atoms with Crippen LogP contribution in [0.1, 0.15) is 23.4 Å². The molecule has 0 aliphatic carbocycles. The highest BCUT2D eigenvalue weighted by Crippen LogP contribution is 2.16. The first-order chi connectivity index (χ1) is 9.86. The van der Waals surface area contributed by atoms with Gasteiger partial charge in [0, 0.05) is 6.42 Å². The molecule has 1 heterocycles. The number of aromatic amines is 1. The van der Waals surface area contributed by atoms with Gasteiger partial charge in [-0.05, 0) is 30.5 Å². The third kappa shape index (κ3) is 2.55. The number of nitrogens with one attached hydrogen (secondary N) is 1. The first-order valence-corrected chi connectivity index (χ1v) is 6.78. The zero-order chi connectivity index (χ0) is 13.8. The summed E-state index contributed by atoms with van der Waals surface area (Å²) in [6, 6.07) is 18.3. The van der Waals surface area contributed by atoms with E-state index in [0.29, 0.717) is 5.56 Å². The topological polar surface area (TPSA) is 52.5 Å². The molecule has 0 saturated heterocycles. The number of hydrogen-bond donors (Lipinski definition) is 1. The monoisotopic (exact) mass is 261 g/mol. The van der Waals surface area contributed by atoms with Crippen molar-refractivity contribution in [3.8, 4) is 6.07 Å². The van der Waals surface area contributed by atoms with Crippen molar-refractivity contribution < 1.29 is 0 Å². The molecule has 0 amide bonds. The molecule has 0 aliphatic rings. The summed E-state index contributed by atoms with van der Waals surface area (Å²) in [5.41, 5.74) is 3.71. The molecule has 0 fully saturated rings. The number of H-pyrrole nitrogens is 1. The number of benzene rings is 2. The molecule has 0 atom stereocenters. The van der Waals surface area contributed by atoms with Crippen LogP contribution in [0.5, 0.6) is 0 Å². The molecule has 0 spiro atoms. The number of para-hydroxylation sites is 1. The molecule has 20 heavy (non-hydrogen) atoms. The number of aryl methyl sites for hydroxylation is 2. The lowest BCUT2D eigenvalue weighted by atomic mass is 10.1. The number of fused-ring (bicyclic) bond motifs is 1. The lowest BCUT2D eigenvalue weighted by molar-refractivity contribution is 0.786. The van der Waals surface area contributed by atoms with Crippen LogP contribution in [0.4, 0.5) is 0 Å². The van der Waals surface area contributed by atoms with Crippen LogP contribution in [-0.2, 0) is 12.8 Å². The number of rotatable bonds is 4. The van der Waals surface area contributed by atoms with Crippen LogP contribution in [0.2, 0.25) is 0 Å². The first kappa shape index (κ1) is 12.4. The molecule has 98 valence electrons. The van der Waals surface area contributed by atoms with Gasteiger partial charge < -0.3 is 4.98 Å². The van der Waals surface area contributed by atoms with Crippen LogP contribution < -0.4 is 0 Å². The molecule has 0 aliphatic heterocycles. The summed E-state index contributed by atoms with van der Waals surface area (Å²) in [5, 5.41) is 9.07. The second-order valence-electron chi connectivity index (χ2n) is 4.84. The van der Waals surface area contributed by atoms with Crippen molar-refractivity contribution in [3.63, 3.8) is 0 Å². The minimum atomic E-state index is 0.632. The van der Waals surface area contributed by atoms with E-state index in [-0.39, 0.29) is 0 Å². The largest absolute Gasteiger partial charge is 0.342 e. The molecule has 3 rings (SSSR count). The maximum absolute atomic E-state index is 9.07. The fourth-order valence-corrected chi connectivity index (χ4v) is 2.40. The minimum Gasteiger partial charge on any atom is -0.342 e. The SMILES string of the molecule is N#Cc1cccc2[nH]c(CCCc3ccccc3)nc12. The van der Waals surface area contributed by atoms with E-state index in [2.05, 4.69) is 40.3 Å². The summed E-state index contributed by atoms with van der Waals surface area (Å²) in [6.07, 6.45) is 2.99. The van der Waals surface area contributed by atoms with Gasteiger partial charge >= 0.3 is 0 Å². The Hall–Kier alpha value is -2.60. The highest BCUT2D eigenvalue weighted by molar-refractivity contribution is 5.81. The van der Waals surface area contributed by atoms with Gasteiger partial charge in [-0.3, -0.25) is 0 Å². The van der Waals surface area contributed by atoms with Gasteiger partial charge in [0.25, 0.3) is 0 Å². The Morgan fingerprint density at radius 3 is 2.65 bits per heavy atom. The van der Waals surface area contributed by atoms with Gasteiger partial charge in [0.15, 0.2) is 0 Å². The van der Waals surface area contributed by atoms with Gasteiger partial charge in [0.05, 0.1) is 11.1 Å². The van der Waals surface area contributed by atoms with E-state index in [1.165, 1.54) is 5.56 Å². The molecule has 0 unspecified atom stereocenters. The van der Waals surface area contributed by atoms with Crippen molar-refractivity contribution in [2.75, 3.05) is 0 Å². The van der Waals surface area contributed by atoms with E-state index in [4.69, 9.17) is 5.26 Å². The molecule has 3 aromatic rings. The number of hydrogen-bond acceptors (Lipinski definition) is 2. The van der Waals surface area contributed by atoms with Crippen LogP contribution in [-0.4, -0.2) is 9.97 Å². The summed E-state index contributed by atoms with van der Waals surface area (Å²) in [5.74, 6) is 0.957. The van der Waals surface area contributed by atoms with Crippen molar-refractivity contribution in [3.05, 3.63) is 65.5 Å². The average Bonchev–Trinajstić information content (AvgIpc) is 2.91. The van der Waals surface area contributed by atoms with Gasteiger partial charge in [-0.15, -0.1) is 0 Å². The molecule has 3 heteroatoms. The lowest BCUT2D eigenvalue weighted by Crippen LogP contribution is -1.91.